The zero-order valence-corrected chi connectivity index (χ0v) is 22.8. The smallest absolute Gasteiger partial charge is 0.325 e. The fourth-order valence-corrected chi connectivity index (χ4v) is 4.22. The molecule has 2 heterocycles. The molecule has 0 atom stereocenters. The molecule has 0 N–H and O–H groups in total. The van der Waals surface area contributed by atoms with E-state index in [1.54, 1.807) is 6.07 Å². The Hall–Kier alpha value is -1.54. The molecule has 0 spiro atoms. The molecule has 4 aromatic rings. The van der Waals surface area contributed by atoms with E-state index in [2.05, 4.69) is 15.0 Å². The molecular formula is C23H18Cl6N4O2. The highest BCUT2D eigenvalue weighted by atomic mass is 35.6. The second-order valence-corrected chi connectivity index (χ2v) is 12.2. The molecule has 0 radical (unpaired) electrons. The molecule has 0 saturated heterocycles. The molecule has 35 heavy (non-hydrogen) atoms. The normalized spacial score (nSPS) is 12.4. The van der Waals surface area contributed by atoms with Crippen LogP contribution in [0.4, 0.5) is 0 Å². The summed E-state index contributed by atoms with van der Waals surface area (Å²) in [4.78, 5) is 25.5. The molecule has 2 aromatic heterocycles. The van der Waals surface area contributed by atoms with Gasteiger partial charge in [0.2, 0.25) is 7.59 Å². The third-order valence-corrected chi connectivity index (χ3v) is 6.24. The lowest BCUT2D eigenvalue weighted by molar-refractivity contribution is -0.144. The first kappa shape index (κ1) is 26.5. The molecule has 4 rings (SSSR count). The number of carbonyl (C=O) groups excluding carboxylic acids is 1. The lowest BCUT2D eigenvalue weighted by Gasteiger charge is -2.16. The second kappa shape index (κ2) is 10.4. The molecule has 0 saturated carbocycles. The Labute approximate surface area is 231 Å². The number of ether oxygens (including phenoxy) is 1. The SMILES string of the molecule is CCCCOC(=O)Cn1c2ccccc2c2cccc(-c3nc(C(Cl)(Cl)Cl)nc(C(Cl)(Cl)Cl)n3)c21. The predicted octanol–water partition coefficient (Wildman–Crippen LogP) is 7.64. The van der Waals surface area contributed by atoms with Gasteiger partial charge in [-0.15, -0.1) is 0 Å². The van der Waals surface area contributed by atoms with Gasteiger partial charge in [-0.2, -0.15) is 0 Å². The summed E-state index contributed by atoms with van der Waals surface area (Å²) < 4.78 is 3.28. The van der Waals surface area contributed by atoms with Gasteiger partial charge in [0, 0.05) is 21.9 Å². The van der Waals surface area contributed by atoms with Crippen LogP contribution in [0.3, 0.4) is 0 Å². The topological polar surface area (TPSA) is 69.9 Å². The molecule has 0 fully saturated rings. The number of carbonyl (C=O) groups is 1. The van der Waals surface area contributed by atoms with Crippen LogP contribution in [0.5, 0.6) is 0 Å². The van der Waals surface area contributed by atoms with E-state index in [1.807, 2.05) is 47.9 Å². The van der Waals surface area contributed by atoms with Crippen molar-refractivity contribution in [2.75, 3.05) is 6.61 Å². The lowest BCUT2D eigenvalue weighted by Crippen LogP contribution is -2.17. The van der Waals surface area contributed by atoms with Crippen molar-refractivity contribution in [2.24, 2.45) is 0 Å². The van der Waals surface area contributed by atoms with Crippen LogP contribution in [0, 0.1) is 0 Å². The van der Waals surface area contributed by atoms with Crippen LogP contribution >= 0.6 is 69.6 Å². The van der Waals surface area contributed by atoms with E-state index < -0.39 is 7.59 Å². The van der Waals surface area contributed by atoms with Gasteiger partial charge in [0.1, 0.15) is 6.54 Å². The summed E-state index contributed by atoms with van der Waals surface area (Å²) in [7, 11) is 0. The minimum absolute atomic E-state index is 0.0234. The second-order valence-electron chi connectivity index (χ2n) is 7.68. The zero-order valence-electron chi connectivity index (χ0n) is 18.2. The molecule has 0 aliphatic heterocycles. The highest BCUT2D eigenvalue weighted by Crippen LogP contribution is 2.42. The Kier molecular flexibility index (Phi) is 7.91. The Balaban J connectivity index is 1.97. The van der Waals surface area contributed by atoms with E-state index in [0.29, 0.717) is 17.7 Å². The summed E-state index contributed by atoms with van der Waals surface area (Å²) in [5.41, 5.74) is 2.05. The van der Waals surface area contributed by atoms with Gasteiger partial charge in [-0.25, -0.2) is 15.0 Å². The molecule has 0 bridgehead atoms. The van der Waals surface area contributed by atoms with Crippen LogP contribution in [0.25, 0.3) is 33.2 Å². The molecule has 0 unspecified atom stereocenters. The number of para-hydroxylation sites is 2. The third-order valence-electron chi connectivity index (χ3n) is 5.22. The Morgan fingerprint density at radius 2 is 1.51 bits per heavy atom. The number of rotatable bonds is 6. The molecular weight excluding hydrogens is 577 g/mol. The van der Waals surface area contributed by atoms with Gasteiger partial charge in [0.05, 0.1) is 12.1 Å². The number of nitrogens with zero attached hydrogens (tertiary/aromatic N) is 4. The highest BCUT2D eigenvalue weighted by molar-refractivity contribution is 6.67. The van der Waals surface area contributed by atoms with Gasteiger partial charge < -0.3 is 9.30 Å². The maximum Gasteiger partial charge on any atom is 0.325 e. The van der Waals surface area contributed by atoms with Crippen LogP contribution in [-0.4, -0.2) is 32.1 Å². The van der Waals surface area contributed by atoms with Crippen LogP contribution < -0.4 is 0 Å². The van der Waals surface area contributed by atoms with Gasteiger partial charge in [0.25, 0.3) is 0 Å². The summed E-state index contributed by atoms with van der Waals surface area (Å²) in [6.45, 7) is 2.36. The number of benzene rings is 2. The van der Waals surface area contributed by atoms with Crippen LogP contribution in [0.1, 0.15) is 31.4 Å². The van der Waals surface area contributed by atoms with Crippen molar-refractivity contribution in [1.82, 2.24) is 19.5 Å². The monoisotopic (exact) mass is 592 g/mol. The number of unbranched alkanes of at least 4 members (excludes halogenated alkanes) is 1. The molecule has 6 nitrogen and oxygen atoms in total. The first-order valence-electron chi connectivity index (χ1n) is 10.6. The number of fused-ring (bicyclic) bond motifs is 3. The summed E-state index contributed by atoms with van der Waals surface area (Å²) in [5, 5.41) is 1.80. The number of aromatic nitrogens is 4. The fourth-order valence-electron chi connectivity index (χ4n) is 3.71. The van der Waals surface area contributed by atoms with Gasteiger partial charge in [-0.1, -0.05) is 113 Å². The van der Waals surface area contributed by atoms with Crippen molar-refractivity contribution in [3.05, 3.63) is 54.1 Å². The average Bonchev–Trinajstić information content (AvgIpc) is 3.12. The molecule has 12 heteroatoms. The first-order valence-corrected chi connectivity index (χ1v) is 12.8. The van der Waals surface area contributed by atoms with Gasteiger partial charge in [-0.3, -0.25) is 4.79 Å². The van der Waals surface area contributed by atoms with Crippen molar-refractivity contribution < 1.29 is 9.53 Å². The summed E-state index contributed by atoms with van der Waals surface area (Å²) in [5.74, 6) is -0.646. The first-order chi connectivity index (χ1) is 16.5. The molecule has 0 amide bonds. The Morgan fingerprint density at radius 1 is 0.886 bits per heavy atom. The van der Waals surface area contributed by atoms with E-state index in [9.17, 15) is 4.79 Å². The standard InChI is InChI=1S/C23H18Cl6N4O2/c1-2-3-11-35-17(34)12-33-16-10-5-4-7-13(16)14-8-6-9-15(18(14)33)19-30-20(22(24,25)26)32-21(31-19)23(27,28)29/h4-10H,2-3,11-12H2,1H3. The third kappa shape index (κ3) is 5.74. The van der Waals surface area contributed by atoms with Crippen molar-refractivity contribution in [3.8, 4) is 11.4 Å². The molecule has 184 valence electrons. The van der Waals surface area contributed by atoms with Crippen LogP contribution in [0.15, 0.2) is 42.5 Å². The summed E-state index contributed by atoms with van der Waals surface area (Å²) in [6, 6.07) is 13.3. The molecule has 0 aliphatic carbocycles. The highest BCUT2D eigenvalue weighted by Gasteiger charge is 2.34. The van der Waals surface area contributed by atoms with E-state index >= 15 is 0 Å². The zero-order chi connectivity index (χ0) is 25.4. The van der Waals surface area contributed by atoms with Gasteiger partial charge >= 0.3 is 5.97 Å². The predicted molar refractivity (Wildman–Crippen MR) is 143 cm³/mol. The number of halogens is 6. The maximum atomic E-state index is 12.7. The van der Waals surface area contributed by atoms with Gasteiger partial charge in [0.15, 0.2) is 17.5 Å². The lowest BCUT2D eigenvalue weighted by atomic mass is 10.1. The summed E-state index contributed by atoms with van der Waals surface area (Å²) >= 11 is 36.4. The minimum Gasteiger partial charge on any atom is -0.464 e. The van der Waals surface area contributed by atoms with Crippen LogP contribution in [0.2, 0.25) is 0 Å². The average molecular weight is 595 g/mol. The number of alkyl halides is 6. The van der Waals surface area contributed by atoms with Crippen molar-refractivity contribution >= 4 is 97.4 Å². The van der Waals surface area contributed by atoms with E-state index in [0.717, 1.165) is 29.1 Å². The van der Waals surface area contributed by atoms with Gasteiger partial charge in [-0.05, 0) is 18.6 Å². The number of esters is 1. The van der Waals surface area contributed by atoms with Crippen molar-refractivity contribution in [2.45, 2.75) is 33.9 Å². The number of hydrogen-bond donors (Lipinski definition) is 0. The van der Waals surface area contributed by atoms with E-state index in [4.69, 9.17) is 74.3 Å². The maximum absolute atomic E-state index is 12.7. The largest absolute Gasteiger partial charge is 0.464 e. The van der Waals surface area contributed by atoms with E-state index in [-0.39, 0.29) is 30.0 Å². The summed E-state index contributed by atoms with van der Waals surface area (Å²) in [6.07, 6.45) is 1.71. The Morgan fingerprint density at radius 3 is 2.14 bits per heavy atom. The van der Waals surface area contributed by atoms with Crippen molar-refractivity contribution in [1.29, 1.82) is 0 Å². The number of hydrogen-bond acceptors (Lipinski definition) is 5. The molecule has 2 aromatic carbocycles. The van der Waals surface area contributed by atoms with Crippen molar-refractivity contribution in [3.63, 3.8) is 0 Å². The Bertz CT molecular complexity index is 1360. The van der Waals surface area contributed by atoms with Crippen LogP contribution in [-0.2, 0) is 23.7 Å². The minimum atomic E-state index is -1.99. The van der Waals surface area contributed by atoms with E-state index in [1.165, 1.54) is 0 Å². The molecule has 0 aliphatic rings. The fraction of sp³-hybridized carbons (Fsp3) is 0.304. The quantitative estimate of drug-likeness (QED) is 0.130.